The van der Waals surface area contributed by atoms with Crippen LogP contribution in [-0.2, 0) is 6.42 Å². The third-order valence-electron chi connectivity index (χ3n) is 2.51. The van der Waals surface area contributed by atoms with Crippen molar-refractivity contribution in [3.05, 3.63) is 24.3 Å². The van der Waals surface area contributed by atoms with Crippen molar-refractivity contribution in [3.8, 4) is 0 Å². The van der Waals surface area contributed by atoms with E-state index in [9.17, 15) is 0 Å². The Morgan fingerprint density at radius 3 is 3.15 bits per heavy atom. The number of rotatable bonds is 2. The Hall–Kier alpha value is -0.960. The maximum Gasteiger partial charge on any atom is 0.0589 e. The van der Waals surface area contributed by atoms with Crippen molar-refractivity contribution >= 4 is 0 Å². The van der Waals surface area contributed by atoms with Crippen LogP contribution in [0.2, 0.25) is 0 Å². The van der Waals surface area contributed by atoms with Crippen LogP contribution in [0.3, 0.4) is 0 Å². The molecule has 0 spiro atoms. The summed E-state index contributed by atoms with van der Waals surface area (Å²) >= 11 is 0. The van der Waals surface area contributed by atoms with Gasteiger partial charge >= 0.3 is 0 Å². The summed E-state index contributed by atoms with van der Waals surface area (Å²) in [4.78, 5) is 8.35. The van der Waals surface area contributed by atoms with Crippen molar-refractivity contribution < 1.29 is 0 Å². The zero-order chi connectivity index (χ0) is 8.93. The van der Waals surface area contributed by atoms with E-state index < -0.39 is 0 Å². The first kappa shape index (κ1) is 8.63. The van der Waals surface area contributed by atoms with Gasteiger partial charge in [0.2, 0.25) is 0 Å². The molecule has 1 aliphatic rings. The predicted molar refractivity (Wildman–Crippen MR) is 51.3 cm³/mol. The van der Waals surface area contributed by atoms with Gasteiger partial charge in [0.05, 0.1) is 5.69 Å². The van der Waals surface area contributed by atoms with E-state index in [4.69, 9.17) is 0 Å². The first-order valence-corrected chi connectivity index (χ1v) is 4.91. The maximum absolute atomic E-state index is 4.28. The Kier molecular flexibility index (Phi) is 2.87. The summed E-state index contributed by atoms with van der Waals surface area (Å²) < 4.78 is 0. The number of hydrogen-bond acceptors (Lipinski definition) is 3. The summed E-state index contributed by atoms with van der Waals surface area (Å²) in [7, 11) is 0. The van der Waals surface area contributed by atoms with Gasteiger partial charge in [0.1, 0.15) is 0 Å². The third-order valence-corrected chi connectivity index (χ3v) is 2.51. The average Bonchev–Trinajstić information content (AvgIpc) is 2.21. The van der Waals surface area contributed by atoms with E-state index in [1.165, 1.54) is 19.4 Å². The Morgan fingerprint density at radius 1 is 1.46 bits per heavy atom. The highest BCUT2D eigenvalue weighted by molar-refractivity contribution is 4.96. The monoisotopic (exact) mass is 177 g/mol. The van der Waals surface area contributed by atoms with Crippen molar-refractivity contribution in [2.24, 2.45) is 5.92 Å². The van der Waals surface area contributed by atoms with E-state index in [0.717, 1.165) is 24.6 Å². The molecule has 0 unspecified atom stereocenters. The fourth-order valence-corrected chi connectivity index (χ4v) is 1.83. The summed E-state index contributed by atoms with van der Waals surface area (Å²) in [6.45, 7) is 2.31. The Bertz CT molecular complexity index is 242. The van der Waals surface area contributed by atoms with Crippen molar-refractivity contribution in [2.45, 2.75) is 19.3 Å². The summed E-state index contributed by atoms with van der Waals surface area (Å²) in [5.41, 5.74) is 1.12. The van der Waals surface area contributed by atoms with Crippen molar-refractivity contribution in [2.75, 3.05) is 13.1 Å². The summed E-state index contributed by atoms with van der Waals surface area (Å²) in [6, 6.07) is 0. The molecule has 1 fully saturated rings. The van der Waals surface area contributed by atoms with Crippen LogP contribution >= 0.6 is 0 Å². The summed E-state index contributed by atoms with van der Waals surface area (Å²) in [5, 5.41) is 3.41. The van der Waals surface area contributed by atoms with E-state index >= 15 is 0 Å². The quantitative estimate of drug-likeness (QED) is 0.733. The lowest BCUT2D eigenvalue weighted by Crippen LogP contribution is -2.31. The van der Waals surface area contributed by atoms with Gasteiger partial charge < -0.3 is 5.32 Å². The van der Waals surface area contributed by atoms with Crippen LogP contribution in [0.25, 0.3) is 0 Å². The molecule has 3 nitrogen and oxygen atoms in total. The first-order chi connectivity index (χ1) is 6.45. The standard InChI is InChI=1S/C10H15N3/c1-2-9(7-11-3-1)6-10-8-12-4-5-13-10/h4-5,8-9,11H,1-3,6-7H2/t9-/m0/s1. The molecule has 1 N–H and O–H groups in total. The summed E-state index contributed by atoms with van der Waals surface area (Å²) in [6.07, 6.45) is 9.05. The highest BCUT2D eigenvalue weighted by atomic mass is 14.9. The molecule has 70 valence electrons. The van der Waals surface area contributed by atoms with E-state index in [1.54, 1.807) is 12.4 Å². The van der Waals surface area contributed by atoms with Gasteiger partial charge in [-0.3, -0.25) is 9.97 Å². The predicted octanol–water partition coefficient (Wildman–Crippen LogP) is 1.02. The minimum Gasteiger partial charge on any atom is -0.316 e. The van der Waals surface area contributed by atoms with Gasteiger partial charge in [-0.1, -0.05) is 0 Å². The van der Waals surface area contributed by atoms with Crippen LogP contribution in [-0.4, -0.2) is 23.1 Å². The van der Waals surface area contributed by atoms with Crippen molar-refractivity contribution in [3.63, 3.8) is 0 Å². The van der Waals surface area contributed by atoms with Crippen LogP contribution < -0.4 is 5.32 Å². The molecule has 2 heterocycles. The molecule has 0 radical (unpaired) electrons. The Balaban J connectivity index is 1.90. The fraction of sp³-hybridized carbons (Fsp3) is 0.600. The van der Waals surface area contributed by atoms with Crippen LogP contribution in [0.4, 0.5) is 0 Å². The average molecular weight is 177 g/mol. The highest BCUT2D eigenvalue weighted by Crippen LogP contribution is 2.14. The number of piperidine rings is 1. The lowest BCUT2D eigenvalue weighted by atomic mass is 9.95. The number of aromatic nitrogens is 2. The molecule has 0 bridgehead atoms. The van der Waals surface area contributed by atoms with E-state index in [2.05, 4.69) is 15.3 Å². The van der Waals surface area contributed by atoms with Gasteiger partial charge in [-0.15, -0.1) is 0 Å². The van der Waals surface area contributed by atoms with Crippen LogP contribution in [0.5, 0.6) is 0 Å². The lowest BCUT2D eigenvalue weighted by Gasteiger charge is -2.21. The zero-order valence-electron chi connectivity index (χ0n) is 7.74. The van der Waals surface area contributed by atoms with Crippen molar-refractivity contribution in [1.82, 2.24) is 15.3 Å². The normalized spacial score (nSPS) is 22.9. The molecule has 1 aromatic heterocycles. The molecule has 0 amide bonds. The van der Waals surface area contributed by atoms with Gasteiger partial charge in [0.15, 0.2) is 0 Å². The largest absolute Gasteiger partial charge is 0.316 e. The Morgan fingerprint density at radius 2 is 2.46 bits per heavy atom. The molecule has 0 aliphatic carbocycles. The topological polar surface area (TPSA) is 37.8 Å². The fourth-order valence-electron chi connectivity index (χ4n) is 1.83. The number of nitrogens with one attached hydrogen (secondary N) is 1. The smallest absolute Gasteiger partial charge is 0.0589 e. The second-order valence-corrected chi connectivity index (χ2v) is 3.61. The molecule has 1 aliphatic heterocycles. The Labute approximate surface area is 78.6 Å². The molecule has 0 saturated carbocycles. The van der Waals surface area contributed by atoms with E-state index in [1.807, 2.05) is 6.20 Å². The van der Waals surface area contributed by atoms with Crippen LogP contribution in [0, 0.1) is 5.92 Å². The third kappa shape index (κ3) is 2.49. The van der Waals surface area contributed by atoms with E-state index in [-0.39, 0.29) is 0 Å². The molecule has 2 rings (SSSR count). The molecule has 1 aromatic rings. The second kappa shape index (κ2) is 4.33. The van der Waals surface area contributed by atoms with Gasteiger partial charge in [-0.2, -0.15) is 0 Å². The molecular formula is C10H15N3. The van der Waals surface area contributed by atoms with Gasteiger partial charge in [0, 0.05) is 18.6 Å². The zero-order valence-corrected chi connectivity index (χ0v) is 7.74. The van der Waals surface area contributed by atoms with Crippen LogP contribution in [0.15, 0.2) is 18.6 Å². The first-order valence-electron chi connectivity index (χ1n) is 4.91. The minimum absolute atomic E-state index is 0.755. The SMILES string of the molecule is c1cnc(C[C@@H]2CCCNC2)cn1. The second-order valence-electron chi connectivity index (χ2n) is 3.61. The van der Waals surface area contributed by atoms with E-state index in [0.29, 0.717) is 0 Å². The lowest BCUT2D eigenvalue weighted by molar-refractivity contribution is 0.373. The number of hydrogen-bond donors (Lipinski definition) is 1. The minimum atomic E-state index is 0.755. The van der Waals surface area contributed by atoms with Crippen molar-refractivity contribution in [1.29, 1.82) is 0 Å². The van der Waals surface area contributed by atoms with Gasteiger partial charge in [-0.25, -0.2) is 0 Å². The number of nitrogens with zero attached hydrogens (tertiary/aromatic N) is 2. The van der Waals surface area contributed by atoms with Gasteiger partial charge in [0.25, 0.3) is 0 Å². The van der Waals surface area contributed by atoms with Crippen LogP contribution in [0.1, 0.15) is 18.5 Å². The molecule has 3 heteroatoms. The van der Waals surface area contributed by atoms with Gasteiger partial charge in [-0.05, 0) is 38.3 Å². The molecule has 1 atom stereocenters. The molecule has 1 saturated heterocycles. The molecular weight excluding hydrogens is 162 g/mol. The highest BCUT2D eigenvalue weighted by Gasteiger charge is 2.13. The molecule has 13 heavy (non-hydrogen) atoms. The summed E-state index contributed by atoms with van der Waals surface area (Å²) in [5.74, 6) is 0.755. The molecule has 0 aromatic carbocycles. The maximum atomic E-state index is 4.28.